The minimum atomic E-state index is -1.36. The fourth-order valence-corrected chi connectivity index (χ4v) is 4.98. The highest BCUT2D eigenvalue weighted by molar-refractivity contribution is 6.02. The largest absolute Gasteiger partial charge is 0.477 e. The molecule has 0 spiro atoms. The number of aryl methyl sites for hydroxylation is 1. The molecular weight excluding hydrogens is 499 g/mol. The van der Waals surface area contributed by atoms with Gasteiger partial charge in [-0.3, -0.25) is 9.59 Å². The Bertz CT molecular complexity index is 1760. The van der Waals surface area contributed by atoms with E-state index in [0.29, 0.717) is 25.2 Å². The maximum Gasteiger partial charge on any atom is 0.341 e. The molecule has 1 saturated heterocycles. The van der Waals surface area contributed by atoms with Crippen molar-refractivity contribution in [3.8, 4) is 6.07 Å². The molecule has 196 valence electrons. The second-order valence-electron chi connectivity index (χ2n) is 9.34. The topological polar surface area (TPSA) is 107 Å². The molecule has 2 heterocycles. The molecule has 1 N–H and O–H groups in total. The van der Waals surface area contributed by atoms with Crippen molar-refractivity contribution in [3.63, 3.8) is 0 Å². The Morgan fingerprint density at radius 2 is 1.77 bits per heavy atom. The van der Waals surface area contributed by atoms with Crippen molar-refractivity contribution in [1.82, 2.24) is 9.47 Å². The number of carboxylic acids is 1. The number of benzene rings is 3. The molecule has 1 aliphatic heterocycles. The van der Waals surface area contributed by atoms with Crippen LogP contribution < -0.4 is 10.3 Å². The van der Waals surface area contributed by atoms with Gasteiger partial charge in [-0.15, -0.1) is 0 Å². The number of hydrogen-bond acceptors (Lipinski definition) is 5. The number of halogens is 1. The molecule has 1 aromatic heterocycles. The van der Waals surface area contributed by atoms with Crippen LogP contribution in [0.3, 0.4) is 0 Å². The number of nitriles is 1. The molecule has 0 saturated carbocycles. The molecule has 3 aromatic carbocycles. The second kappa shape index (κ2) is 10.4. The van der Waals surface area contributed by atoms with E-state index in [4.69, 9.17) is 0 Å². The Kier molecular flexibility index (Phi) is 6.86. The molecule has 5 rings (SSSR count). The Hall–Kier alpha value is -4.97. The number of nitrogens with zero attached hydrogens (tertiary/aromatic N) is 4. The van der Waals surface area contributed by atoms with Crippen LogP contribution in [0.15, 0.2) is 71.2 Å². The van der Waals surface area contributed by atoms with Crippen LogP contribution in [-0.4, -0.2) is 52.6 Å². The molecule has 9 heteroatoms. The summed E-state index contributed by atoms with van der Waals surface area (Å²) in [5, 5.41) is 21.1. The summed E-state index contributed by atoms with van der Waals surface area (Å²) in [6.07, 6.45) is 2.86. The first-order valence-electron chi connectivity index (χ1n) is 12.6. The average molecular weight is 525 g/mol. The van der Waals surface area contributed by atoms with E-state index >= 15 is 4.39 Å². The van der Waals surface area contributed by atoms with Crippen molar-refractivity contribution in [2.45, 2.75) is 13.5 Å². The standard InChI is InChI=1S/C30H25FN4O4/c1-2-33-18-24(30(38)39)28(36)23-15-25(31)27(16-26(23)33)34-9-11-35(12-10-34)29(37)22(17-32)14-19-7-8-20-5-3-4-6-21(20)13-19/h3-8,13-16,18H,2,9-12H2,1H3,(H,38,39). The van der Waals surface area contributed by atoms with E-state index in [-0.39, 0.29) is 35.6 Å². The molecule has 0 bridgehead atoms. The number of anilines is 1. The fourth-order valence-electron chi connectivity index (χ4n) is 4.98. The van der Waals surface area contributed by atoms with Crippen molar-refractivity contribution in [2.24, 2.45) is 0 Å². The SMILES string of the molecule is CCn1cc(C(=O)O)c(=O)c2cc(F)c(N3CCN(C(=O)C(C#N)=Cc4ccc5ccccc5c4)CC3)cc21. The summed E-state index contributed by atoms with van der Waals surface area (Å²) in [5.74, 6) is -2.38. The van der Waals surface area contributed by atoms with Crippen molar-refractivity contribution in [1.29, 1.82) is 5.26 Å². The highest BCUT2D eigenvalue weighted by Crippen LogP contribution is 2.27. The Labute approximate surface area is 223 Å². The molecule has 1 amide bonds. The lowest BCUT2D eigenvalue weighted by Crippen LogP contribution is -2.49. The molecule has 0 aliphatic carbocycles. The van der Waals surface area contributed by atoms with Crippen LogP contribution >= 0.6 is 0 Å². The molecule has 0 unspecified atom stereocenters. The minimum Gasteiger partial charge on any atom is -0.477 e. The monoisotopic (exact) mass is 524 g/mol. The molecule has 4 aromatic rings. The first-order chi connectivity index (χ1) is 18.8. The van der Waals surface area contributed by atoms with E-state index in [2.05, 4.69) is 0 Å². The van der Waals surface area contributed by atoms with Crippen molar-refractivity contribution < 1.29 is 19.1 Å². The fraction of sp³-hybridized carbons (Fsp3) is 0.200. The second-order valence-corrected chi connectivity index (χ2v) is 9.34. The third-order valence-corrected chi connectivity index (χ3v) is 7.06. The number of aromatic carboxylic acids is 1. The van der Waals surface area contributed by atoms with Crippen molar-refractivity contribution in [3.05, 3.63) is 93.5 Å². The van der Waals surface area contributed by atoms with Gasteiger partial charge < -0.3 is 19.5 Å². The number of pyridine rings is 1. The quantitative estimate of drug-likeness (QED) is 0.309. The van der Waals surface area contributed by atoms with Crippen LogP contribution in [0.4, 0.5) is 10.1 Å². The van der Waals surface area contributed by atoms with Crippen LogP contribution in [-0.2, 0) is 11.3 Å². The zero-order chi connectivity index (χ0) is 27.7. The lowest BCUT2D eigenvalue weighted by Gasteiger charge is -2.36. The van der Waals surface area contributed by atoms with Gasteiger partial charge in [0.15, 0.2) is 0 Å². The zero-order valence-electron chi connectivity index (χ0n) is 21.2. The van der Waals surface area contributed by atoms with Crippen LogP contribution in [0, 0.1) is 17.1 Å². The van der Waals surface area contributed by atoms with Crippen molar-refractivity contribution >= 4 is 45.3 Å². The van der Waals surface area contributed by atoms with Gasteiger partial charge in [0.1, 0.15) is 23.0 Å². The molecule has 39 heavy (non-hydrogen) atoms. The Morgan fingerprint density at radius 3 is 2.44 bits per heavy atom. The summed E-state index contributed by atoms with van der Waals surface area (Å²) in [6.45, 7) is 3.42. The van der Waals surface area contributed by atoms with Gasteiger partial charge in [-0.25, -0.2) is 9.18 Å². The molecular formula is C30H25FN4O4. The summed E-state index contributed by atoms with van der Waals surface area (Å²) >= 11 is 0. The number of rotatable bonds is 5. The Balaban J connectivity index is 1.36. The predicted octanol–water partition coefficient (Wildman–Crippen LogP) is 4.27. The van der Waals surface area contributed by atoms with Crippen LogP contribution in [0.2, 0.25) is 0 Å². The van der Waals surface area contributed by atoms with Gasteiger partial charge in [0.05, 0.1) is 11.2 Å². The number of hydrogen-bond donors (Lipinski definition) is 1. The van der Waals surface area contributed by atoms with Gasteiger partial charge in [-0.2, -0.15) is 5.26 Å². The number of aromatic nitrogens is 1. The van der Waals surface area contributed by atoms with Crippen LogP contribution in [0.25, 0.3) is 27.8 Å². The highest BCUT2D eigenvalue weighted by atomic mass is 19.1. The molecule has 8 nitrogen and oxygen atoms in total. The third-order valence-electron chi connectivity index (χ3n) is 7.06. The molecule has 1 aliphatic rings. The summed E-state index contributed by atoms with van der Waals surface area (Å²) in [5.41, 5.74) is 0.346. The molecule has 1 fully saturated rings. The summed E-state index contributed by atoms with van der Waals surface area (Å²) in [4.78, 5) is 40.6. The summed E-state index contributed by atoms with van der Waals surface area (Å²) in [7, 11) is 0. The molecule has 0 atom stereocenters. The first-order valence-corrected chi connectivity index (χ1v) is 12.6. The van der Waals surface area contributed by atoms with E-state index < -0.39 is 22.8 Å². The van der Waals surface area contributed by atoms with Gasteiger partial charge in [-0.1, -0.05) is 36.4 Å². The van der Waals surface area contributed by atoms with E-state index in [1.54, 1.807) is 33.4 Å². The number of carbonyl (C=O) groups excluding carboxylic acids is 1. The van der Waals surface area contributed by atoms with Gasteiger partial charge in [0.2, 0.25) is 5.43 Å². The van der Waals surface area contributed by atoms with Gasteiger partial charge in [0.25, 0.3) is 5.91 Å². The maximum absolute atomic E-state index is 15.2. The van der Waals surface area contributed by atoms with Crippen molar-refractivity contribution in [2.75, 3.05) is 31.1 Å². The lowest BCUT2D eigenvalue weighted by atomic mass is 10.0. The van der Waals surface area contributed by atoms with E-state index in [1.807, 2.05) is 48.5 Å². The zero-order valence-corrected chi connectivity index (χ0v) is 21.2. The summed E-state index contributed by atoms with van der Waals surface area (Å²) in [6, 6.07) is 18.2. The van der Waals surface area contributed by atoms with Crippen LogP contribution in [0.1, 0.15) is 22.8 Å². The third kappa shape index (κ3) is 4.84. The number of piperazine rings is 1. The minimum absolute atomic E-state index is 0.00398. The van der Waals surface area contributed by atoms with Gasteiger partial charge in [0, 0.05) is 44.3 Å². The number of amides is 1. The molecule has 0 radical (unpaired) electrons. The number of fused-ring (bicyclic) bond motifs is 2. The van der Waals surface area contributed by atoms with Crippen LogP contribution in [0.5, 0.6) is 0 Å². The number of carboxylic acid groups (broad SMARTS) is 1. The van der Waals surface area contributed by atoms with E-state index in [0.717, 1.165) is 22.4 Å². The smallest absolute Gasteiger partial charge is 0.341 e. The maximum atomic E-state index is 15.2. The Morgan fingerprint density at radius 1 is 1.05 bits per heavy atom. The van der Waals surface area contributed by atoms with Gasteiger partial charge in [-0.05, 0) is 47.5 Å². The number of carbonyl (C=O) groups is 2. The van der Waals surface area contributed by atoms with E-state index in [9.17, 15) is 24.8 Å². The van der Waals surface area contributed by atoms with E-state index in [1.165, 1.54) is 6.20 Å². The first kappa shape index (κ1) is 25.7. The average Bonchev–Trinajstić information content (AvgIpc) is 2.95. The highest BCUT2D eigenvalue weighted by Gasteiger charge is 2.26. The normalized spacial score (nSPS) is 14.0. The predicted molar refractivity (Wildman–Crippen MR) is 147 cm³/mol. The van der Waals surface area contributed by atoms with Gasteiger partial charge >= 0.3 is 5.97 Å². The lowest BCUT2D eigenvalue weighted by molar-refractivity contribution is -0.126. The summed E-state index contributed by atoms with van der Waals surface area (Å²) < 4.78 is 16.8.